The molecule has 0 aliphatic carbocycles. The number of carbonyl (C=O) groups is 1. The Hall–Kier alpha value is -2.69. The minimum atomic E-state index is -3.59. The van der Waals surface area contributed by atoms with Crippen molar-refractivity contribution in [2.24, 2.45) is 0 Å². The number of carbonyl (C=O) groups excluding carboxylic acids is 1. The molecule has 0 aromatic heterocycles. The van der Waals surface area contributed by atoms with Crippen LogP contribution in [0.5, 0.6) is 0 Å². The van der Waals surface area contributed by atoms with Gasteiger partial charge in [-0.1, -0.05) is 19.1 Å². The Bertz CT molecular complexity index is 899. The summed E-state index contributed by atoms with van der Waals surface area (Å²) >= 11 is 0. The molecule has 0 spiro atoms. The number of amides is 1. The van der Waals surface area contributed by atoms with Gasteiger partial charge in [-0.3, -0.25) is 4.79 Å². The summed E-state index contributed by atoms with van der Waals surface area (Å²) in [6, 6.07) is 14.7. The molecule has 0 aliphatic heterocycles. The zero-order valence-electron chi connectivity index (χ0n) is 14.7. The molecule has 2 N–H and O–H groups in total. The van der Waals surface area contributed by atoms with Crippen LogP contribution in [0.3, 0.4) is 0 Å². The molecule has 0 radical (unpaired) electrons. The van der Waals surface area contributed by atoms with Crippen LogP contribution >= 0.6 is 0 Å². The number of nitriles is 1. The third kappa shape index (κ3) is 5.15. The zero-order chi connectivity index (χ0) is 19.2. The Morgan fingerprint density at radius 2 is 1.73 bits per heavy atom. The summed E-state index contributed by atoms with van der Waals surface area (Å²) in [4.78, 5) is 12.4. The maximum atomic E-state index is 12.3. The molecule has 2 rings (SSSR count). The number of sulfonamides is 1. The second kappa shape index (κ2) is 8.61. The van der Waals surface area contributed by atoms with Crippen LogP contribution in [-0.2, 0) is 16.4 Å². The van der Waals surface area contributed by atoms with Crippen molar-refractivity contribution in [3.05, 3.63) is 59.7 Å². The molecule has 0 saturated heterocycles. The summed E-state index contributed by atoms with van der Waals surface area (Å²) < 4.78 is 27.0. The van der Waals surface area contributed by atoms with Crippen LogP contribution < -0.4 is 10.0 Å². The first kappa shape index (κ1) is 19.6. The predicted molar refractivity (Wildman–Crippen MR) is 100 cm³/mol. The highest BCUT2D eigenvalue weighted by Gasteiger charge is 2.17. The van der Waals surface area contributed by atoms with Crippen molar-refractivity contribution < 1.29 is 13.2 Å². The molecule has 0 fully saturated rings. The molecule has 0 heterocycles. The highest BCUT2D eigenvalue weighted by Crippen LogP contribution is 2.15. The monoisotopic (exact) mass is 371 g/mol. The summed E-state index contributed by atoms with van der Waals surface area (Å²) in [5.41, 5.74) is 1.83. The smallest absolute Gasteiger partial charge is 0.255 e. The SMILES string of the molecule is CC[C@@H](C)NS(=O)(=O)c1ccc(C(=O)Nc2ccc(CC#N)cc2)cc1. The van der Waals surface area contributed by atoms with Crippen molar-refractivity contribution in [3.63, 3.8) is 0 Å². The molecule has 7 heteroatoms. The van der Waals surface area contributed by atoms with Gasteiger partial charge in [-0.25, -0.2) is 13.1 Å². The fourth-order valence-electron chi connectivity index (χ4n) is 2.20. The maximum absolute atomic E-state index is 12.3. The first-order chi connectivity index (χ1) is 12.4. The van der Waals surface area contributed by atoms with Gasteiger partial charge in [0.1, 0.15) is 0 Å². The fourth-order valence-corrected chi connectivity index (χ4v) is 3.53. The number of nitrogens with one attached hydrogen (secondary N) is 2. The van der Waals surface area contributed by atoms with Gasteiger partial charge in [-0.2, -0.15) is 5.26 Å². The normalized spacial score (nSPS) is 12.2. The van der Waals surface area contributed by atoms with Gasteiger partial charge in [0.05, 0.1) is 17.4 Å². The Morgan fingerprint density at radius 1 is 1.12 bits per heavy atom. The highest BCUT2D eigenvalue weighted by atomic mass is 32.2. The summed E-state index contributed by atoms with van der Waals surface area (Å²) in [5, 5.41) is 11.4. The lowest BCUT2D eigenvalue weighted by Crippen LogP contribution is -2.32. The van der Waals surface area contributed by atoms with Crippen LogP contribution in [0.25, 0.3) is 0 Å². The number of hydrogen-bond acceptors (Lipinski definition) is 4. The van der Waals surface area contributed by atoms with Crippen molar-refractivity contribution in [2.75, 3.05) is 5.32 Å². The van der Waals surface area contributed by atoms with Crippen LogP contribution in [0.15, 0.2) is 53.4 Å². The Morgan fingerprint density at radius 3 is 2.27 bits per heavy atom. The van der Waals surface area contributed by atoms with E-state index in [1.807, 2.05) is 6.92 Å². The van der Waals surface area contributed by atoms with Gasteiger partial charge in [-0.15, -0.1) is 0 Å². The van der Waals surface area contributed by atoms with Crippen LogP contribution in [0, 0.1) is 11.3 Å². The van der Waals surface area contributed by atoms with Crippen molar-refractivity contribution in [3.8, 4) is 6.07 Å². The molecule has 0 saturated carbocycles. The minimum absolute atomic E-state index is 0.121. The molecule has 2 aromatic rings. The summed E-state index contributed by atoms with van der Waals surface area (Å²) in [6.45, 7) is 3.69. The van der Waals surface area contributed by atoms with Gasteiger partial charge < -0.3 is 5.32 Å². The molecule has 1 amide bonds. The van der Waals surface area contributed by atoms with E-state index in [1.54, 1.807) is 31.2 Å². The number of benzene rings is 2. The fraction of sp³-hybridized carbons (Fsp3) is 0.263. The minimum Gasteiger partial charge on any atom is -0.322 e. The van der Waals surface area contributed by atoms with Crippen molar-refractivity contribution in [1.82, 2.24) is 4.72 Å². The number of rotatable bonds is 7. The van der Waals surface area contributed by atoms with E-state index in [0.717, 1.165) is 5.56 Å². The molecular weight excluding hydrogens is 350 g/mol. The van der Waals surface area contributed by atoms with Gasteiger partial charge in [-0.05, 0) is 55.3 Å². The Balaban J connectivity index is 2.07. The summed E-state index contributed by atoms with van der Waals surface area (Å²) in [7, 11) is -3.59. The summed E-state index contributed by atoms with van der Waals surface area (Å²) in [6.07, 6.45) is 1.00. The summed E-state index contributed by atoms with van der Waals surface area (Å²) in [5.74, 6) is -0.336. The van der Waals surface area contributed by atoms with E-state index in [9.17, 15) is 13.2 Å². The van der Waals surface area contributed by atoms with E-state index in [2.05, 4.69) is 16.1 Å². The average Bonchev–Trinajstić information content (AvgIpc) is 2.63. The second-order valence-corrected chi connectivity index (χ2v) is 7.65. The van der Waals surface area contributed by atoms with Gasteiger partial charge >= 0.3 is 0 Å². The molecule has 1 atom stereocenters. The van der Waals surface area contributed by atoms with Crippen molar-refractivity contribution in [1.29, 1.82) is 5.26 Å². The first-order valence-electron chi connectivity index (χ1n) is 8.25. The lowest BCUT2D eigenvalue weighted by molar-refractivity contribution is 0.102. The van der Waals surface area contributed by atoms with Crippen LogP contribution in [0.4, 0.5) is 5.69 Å². The average molecular weight is 371 g/mol. The molecule has 26 heavy (non-hydrogen) atoms. The third-order valence-electron chi connectivity index (χ3n) is 3.89. The van der Waals surface area contributed by atoms with Crippen LogP contribution in [0.1, 0.15) is 36.2 Å². The molecule has 2 aromatic carbocycles. The topological polar surface area (TPSA) is 99.1 Å². The van der Waals surface area contributed by atoms with E-state index < -0.39 is 10.0 Å². The van der Waals surface area contributed by atoms with Crippen molar-refractivity contribution in [2.45, 2.75) is 37.6 Å². The maximum Gasteiger partial charge on any atom is 0.255 e. The second-order valence-electron chi connectivity index (χ2n) is 5.94. The van der Waals surface area contributed by atoms with E-state index in [1.165, 1.54) is 24.3 Å². The van der Waals surface area contributed by atoms with Gasteiger partial charge in [0.25, 0.3) is 5.91 Å². The van der Waals surface area contributed by atoms with E-state index in [4.69, 9.17) is 5.26 Å². The van der Waals surface area contributed by atoms with Crippen LogP contribution in [-0.4, -0.2) is 20.4 Å². The first-order valence-corrected chi connectivity index (χ1v) is 9.73. The molecular formula is C19H21N3O3S. The lowest BCUT2D eigenvalue weighted by atomic mass is 10.1. The van der Waals surface area contributed by atoms with Gasteiger partial charge in [0.2, 0.25) is 10.0 Å². The largest absolute Gasteiger partial charge is 0.322 e. The van der Waals surface area contributed by atoms with Crippen LogP contribution in [0.2, 0.25) is 0 Å². The van der Waals surface area contributed by atoms with Crippen molar-refractivity contribution >= 4 is 21.6 Å². The zero-order valence-corrected chi connectivity index (χ0v) is 15.5. The number of hydrogen-bond donors (Lipinski definition) is 2. The number of nitrogens with zero attached hydrogens (tertiary/aromatic N) is 1. The lowest BCUT2D eigenvalue weighted by Gasteiger charge is -2.12. The Kier molecular flexibility index (Phi) is 6.50. The number of anilines is 1. The highest BCUT2D eigenvalue weighted by molar-refractivity contribution is 7.89. The standard InChI is InChI=1S/C19H21N3O3S/c1-3-14(2)22-26(24,25)18-10-6-16(7-11-18)19(23)21-17-8-4-15(5-9-17)12-13-20/h4-11,14,22H,3,12H2,1-2H3,(H,21,23)/t14-/m1/s1. The Labute approximate surface area is 153 Å². The predicted octanol–water partition coefficient (Wildman–Crippen LogP) is 3.08. The van der Waals surface area contributed by atoms with E-state index in [0.29, 0.717) is 24.1 Å². The molecule has 0 unspecified atom stereocenters. The van der Waals surface area contributed by atoms with Gasteiger partial charge in [0, 0.05) is 17.3 Å². The quantitative estimate of drug-likeness (QED) is 0.781. The van der Waals surface area contributed by atoms with E-state index in [-0.39, 0.29) is 16.8 Å². The molecule has 0 aliphatic rings. The molecule has 0 bridgehead atoms. The molecule has 6 nitrogen and oxygen atoms in total. The molecule has 136 valence electrons. The third-order valence-corrected chi connectivity index (χ3v) is 5.50. The van der Waals surface area contributed by atoms with Gasteiger partial charge in [0.15, 0.2) is 0 Å². The van der Waals surface area contributed by atoms with E-state index >= 15 is 0 Å².